The summed E-state index contributed by atoms with van der Waals surface area (Å²) < 4.78 is 94.1. The van der Waals surface area contributed by atoms with Crippen LogP contribution < -0.4 is 0 Å². The zero-order valence-corrected chi connectivity index (χ0v) is 25.4. The van der Waals surface area contributed by atoms with Crippen molar-refractivity contribution in [3.8, 4) is 11.8 Å². The van der Waals surface area contributed by atoms with Gasteiger partial charge in [0, 0.05) is 12.8 Å². The van der Waals surface area contributed by atoms with Gasteiger partial charge in [0.25, 0.3) is 0 Å². The molecule has 0 spiro atoms. The molecule has 3 saturated carbocycles. The predicted octanol–water partition coefficient (Wildman–Crippen LogP) is 8.30. The molecule has 3 nitrogen and oxygen atoms in total. The molecule has 0 aliphatic heterocycles. The first-order valence-electron chi connectivity index (χ1n) is 15.0. The maximum absolute atomic E-state index is 14.3. The summed E-state index contributed by atoms with van der Waals surface area (Å²) in [6, 6.07) is 0. The molecule has 244 valence electrons. The molecule has 0 heterocycles. The van der Waals surface area contributed by atoms with Gasteiger partial charge in [0.1, 0.15) is 6.17 Å². The third-order valence-corrected chi connectivity index (χ3v) is 10.1. The first-order chi connectivity index (χ1) is 19.5. The largest absolute Gasteiger partial charge is 0.438 e. The molecule has 3 rings (SSSR count). The van der Waals surface area contributed by atoms with Crippen LogP contribution in [0.25, 0.3) is 0 Å². The van der Waals surface area contributed by atoms with E-state index in [2.05, 4.69) is 19.4 Å². The molecule has 6 atom stereocenters. The second-order valence-electron chi connectivity index (χ2n) is 14.1. The molecule has 0 saturated heterocycles. The molecule has 10 heteroatoms. The fourth-order valence-electron chi connectivity index (χ4n) is 7.81. The average molecular weight is 623 g/mol. The second-order valence-corrected chi connectivity index (χ2v) is 14.1. The quantitative estimate of drug-likeness (QED) is 0.198. The number of rotatable bonds is 7. The third kappa shape index (κ3) is 7.70. The zero-order valence-electron chi connectivity index (χ0n) is 25.4. The van der Waals surface area contributed by atoms with E-state index in [1.54, 1.807) is 13.8 Å². The Hall–Kier alpha value is -1.83. The highest BCUT2D eigenvalue weighted by molar-refractivity contribution is 5.39. The van der Waals surface area contributed by atoms with Gasteiger partial charge in [0.2, 0.25) is 0 Å². The summed E-state index contributed by atoms with van der Waals surface area (Å²) in [7, 11) is 0. The van der Waals surface area contributed by atoms with E-state index in [1.165, 1.54) is 0 Å². The van der Waals surface area contributed by atoms with Crippen LogP contribution in [0, 0.1) is 34.5 Å². The second kappa shape index (κ2) is 12.5. The normalized spacial score (nSPS) is 32.4. The highest BCUT2D eigenvalue weighted by atomic mass is 19.4. The minimum Gasteiger partial charge on any atom is -0.393 e. The lowest BCUT2D eigenvalue weighted by molar-refractivity contribution is -0.343. The summed E-state index contributed by atoms with van der Waals surface area (Å²) >= 11 is 0. The molecule has 0 amide bonds. The van der Waals surface area contributed by atoms with Crippen molar-refractivity contribution in [1.29, 1.82) is 0 Å². The first-order valence-corrected chi connectivity index (χ1v) is 15.0. The van der Waals surface area contributed by atoms with Crippen molar-refractivity contribution in [2.45, 2.75) is 134 Å². The van der Waals surface area contributed by atoms with Gasteiger partial charge in [-0.25, -0.2) is 4.39 Å². The molecule has 3 aliphatic rings. The van der Waals surface area contributed by atoms with E-state index in [9.17, 15) is 46.1 Å². The number of hydrogen-bond acceptors (Lipinski definition) is 3. The average Bonchev–Trinajstić information content (AvgIpc) is 3.21. The van der Waals surface area contributed by atoms with Gasteiger partial charge in [-0.2, -0.15) is 26.3 Å². The van der Waals surface area contributed by atoms with E-state index in [4.69, 9.17) is 0 Å². The van der Waals surface area contributed by atoms with Crippen LogP contribution in [-0.2, 0) is 0 Å². The molecule has 0 bridgehead atoms. The number of allylic oxidation sites excluding steroid dienone is 4. The van der Waals surface area contributed by atoms with Gasteiger partial charge in [0.15, 0.2) is 0 Å². The zero-order chi connectivity index (χ0) is 32.6. The molecular weight excluding hydrogens is 577 g/mol. The van der Waals surface area contributed by atoms with E-state index < -0.39 is 41.2 Å². The number of aliphatic hydroxyl groups excluding tert-OH is 1. The standard InChI is InChI=1S/C33H45F7O3/c1-21-23(19-24(41)20-26(21)34)11-10-22-9-6-17-30(5)25(22)12-13-27(30)29(4,15-7-14-28(2,3)42)16-8-18-31(43,32(35,36)37)33(38,39)40/h10-11,24-27,41-43H,1,6-7,9,12-17,19-20H2,2-5H3/t24-,25?,26+,27-,29+,30+/m1/s1. The van der Waals surface area contributed by atoms with E-state index in [0.29, 0.717) is 43.3 Å². The molecule has 3 fully saturated rings. The van der Waals surface area contributed by atoms with Crippen LogP contribution in [0.5, 0.6) is 0 Å². The minimum atomic E-state index is -6.01. The molecule has 0 aromatic carbocycles. The molecule has 0 aromatic rings. The smallest absolute Gasteiger partial charge is 0.393 e. The molecule has 0 radical (unpaired) electrons. The van der Waals surface area contributed by atoms with Crippen LogP contribution in [0.4, 0.5) is 30.7 Å². The van der Waals surface area contributed by atoms with Crippen LogP contribution in [0.15, 0.2) is 35.5 Å². The van der Waals surface area contributed by atoms with Crippen molar-refractivity contribution in [2.24, 2.45) is 22.7 Å². The van der Waals surface area contributed by atoms with Crippen molar-refractivity contribution >= 4 is 0 Å². The summed E-state index contributed by atoms with van der Waals surface area (Å²) in [6.45, 7) is 11.1. The summed E-state index contributed by atoms with van der Waals surface area (Å²) in [6.07, 6.45) is -5.02. The van der Waals surface area contributed by atoms with Crippen LogP contribution in [0.2, 0.25) is 0 Å². The van der Waals surface area contributed by atoms with Gasteiger partial charge in [-0.3, -0.25) is 0 Å². The van der Waals surface area contributed by atoms with Crippen molar-refractivity contribution in [3.05, 3.63) is 35.5 Å². The van der Waals surface area contributed by atoms with Gasteiger partial charge in [0.05, 0.1) is 11.7 Å². The van der Waals surface area contributed by atoms with Gasteiger partial charge in [-0.05, 0) is 105 Å². The lowest BCUT2D eigenvalue weighted by Crippen LogP contribution is -2.55. The highest BCUT2D eigenvalue weighted by Gasteiger charge is 2.70. The lowest BCUT2D eigenvalue weighted by atomic mass is 9.55. The minimum absolute atomic E-state index is 0.0212. The topological polar surface area (TPSA) is 60.7 Å². The third-order valence-electron chi connectivity index (χ3n) is 10.1. The Kier molecular flexibility index (Phi) is 10.4. The van der Waals surface area contributed by atoms with Gasteiger partial charge in [-0.15, -0.1) is 0 Å². The van der Waals surface area contributed by atoms with E-state index in [0.717, 1.165) is 37.2 Å². The fourth-order valence-corrected chi connectivity index (χ4v) is 7.81. The SMILES string of the molecule is C=C1C(=CC=C2CCC[C@@]3(C)C2CC[C@@H]3[C@](C)(CC#CC(O)(C(F)(F)F)C(F)(F)F)CCCC(C)(C)O)C[C@@H](O)C[C@@H]1F. The summed E-state index contributed by atoms with van der Waals surface area (Å²) in [4.78, 5) is 0. The lowest BCUT2D eigenvalue weighted by Gasteiger charge is -2.49. The maximum atomic E-state index is 14.3. The molecule has 3 N–H and O–H groups in total. The number of halogens is 7. The molecule has 0 aromatic heterocycles. The number of hydrogen-bond donors (Lipinski definition) is 3. The van der Waals surface area contributed by atoms with Gasteiger partial charge < -0.3 is 15.3 Å². The van der Waals surface area contributed by atoms with Gasteiger partial charge in [-0.1, -0.05) is 50.5 Å². The molecule has 43 heavy (non-hydrogen) atoms. The Bertz CT molecular complexity index is 1140. The fraction of sp³-hybridized carbons (Fsp3) is 0.758. The molecular formula is C33H45F7O3. The van der Waals surface area contributed by atoms with Crippen LogP contribution in [-0.4, -0.2) is 51.1 Å². The van der Waals surface area contributed by atoms with E-state index >= 15 is 0 Å². The number of fused-ring (bicyclic) bond motifs is 1. The summed E-state index contributed by atoms with van der Waals surface area (Å²) in [5, 5.41) is 29.9. The van der Waals surface area contributed by atoms with Crippen LogP contribution in [0.3, 0.4) is 0 Å². The Labute approximate surface area is 250 Å². The Balaban J connectivity index is 1.95. The van der Waals surface area contributed by atoms with Crippen molar-refractivity contribution in [2.75, 3.05) is 0 Å². The van der Waals surface area contributed by atoms with Crippen molar-refractivity contribution < 1.29 is 46.1 Å². The van der Waals surface area contributed by atoms with E-state index in [1.807, 2.05) is 19.1 Å². The Morgan fingerprint density at radius 2 is 1.63 bits per heavy atom. The highest BCUT2D eigenvalue weighted by Crippen LogP contribution is 2.63. The van der Waals surface area contributed by atoms with Crippen molar-refractivity contribution in [3.63, 3.8) is 0 Å². The first kappa shape index (κ1) is 35.6. The number of aliphatic hydroxyl groups is 3. The van der Waals surface area contributed by atoms with Crippen LogP contribution in [0.1, 0.15) is 98.3 Å². The van der Waals surface area contributed by atoms with Crippen LogP contribution >= 0.6 is 0 Å². The Morgan fingerprint density at radius 3 is 2.21 bits per heavy atom. The van der Waals surface area contributed by atoms with Crippen molar-refractivity contribution in [1.82, 2.24) is 0 Å². The van der Waals surface area contributed by atoms with Gasteiger partial charge >= 0.3 is 18.0 Å². The number of alkyl halides is 7. The predicted molar refractivity (Wildman–Crippen MR) is 151 cm³/mol. The Morgan fingerprint density at radius 1 is 1.00 bits per heavy atom. The summed E-state index contributed by atoms with van der Waals surface area (Å²) in [5.41, 5.74) is -5.05. The monoisotopic (exact) mass is 622 g/mol. The van der Waals surface area contributed by atoms with E-state index in [-0.39, 0.29) is 30.1 Å². The summed E-state index contributed by atoms with van der Waals surface area (Å²) in [5.74, 6) is 3.28. The molecule has 3 aliphatic carbocycles. The molecule has 1 unspecified atom stereocenters. The maximum Gasteiger partial charge on any atom is 0.438 e.